The minimum absolute atomic E-state index is 0.0704. The zero-order chi connectivity index (χ0) is 28.0. The van der Waals surface area contributed by atoms with E-state index in [-0.39, 0.29) is 37.5 Å². The Kier molecular flexibility index (Phi) is 7.88. The average molecular weight is 541 g/mol. The first-order valence-electron chi connectivity index (χ1n) is 13.4. The van der Waals surface area contributed by atoms with Crippen molar-refractivity contribution in [1.29, 1.82) is 0 Å². The van der Waals surface area contributed by atoms with Crippen LogP contribution in [0.2, 0.25) is 0 Å². The van der Waals surface area contributed by atoms with E-state index in [0.29, 0.717) is 12.8 Å². The highest BCUT2D eigenvalue weighted by Gasteiger charge is 2.78. The molecule has 8 heteroatoms. The number of fused-ring (bicyclic) bond motifs is 1. The van der Waals surface area contributed by atoms with Gasteiger partial charge in [0.1, 0.15) is 12.6 Å². The predicted octanol–water partition coefficient (Wildman–Crippen LogP) is 4.05. The van der Waals surface area contributed by atoms with Gasteiger partial charge in [-0.25, -0.2) is 0 Å². The lowest BCUT2D eigenvalue weighted by molar-refractivity contribution is -0.155. The molecule has 3 aliphatic heterocycles. The quantitative estimate of drug-likeness (QED) is 0.356. The number of hydrogen-bond donors (Lipinski definition) is 1. The van der Waals surface area contributed by atoms with Crippen LogP contribution in [0.15, 0.2) is 43.5 Å². The summed E-state index contributed by atoms with van der Waals surface area (Å²) in [6.45, 7) is 17.5. The highest BCUT2D eigenvalue weighted by Crippen LogP contribution is 2.72. The number of carbonyl (C=O) groups excluding carboxylic acids is 3. The molecule has 6 atom stereocenters. The zero-order valence-electron chi connectivity index (χ0n) is 23.1. The maximum atomic E-state index is 14.8. The Morgan fingerprint density at radius 2 is 1.89 bits per heavy atom. The Morgan fingerprint density at radius 1 is 1.24 bits per heavy atom. The third kappa shape index (κ3) is 4.20. The van der Waals surface area contributed by atoms with E-state index in [4.69, 9.17) is 4.74 Å². The predicted molar refractivity (Wildman–Crippen MR) is 151 cm³/mol. The number of aliphatic hydroxyl groups is 1. The Bertz CT molecular complexity index is 1130. The summed E-state index contributed by atoms with van der Waals surface area (Å²) >= 11 is 1.60. The molecule has 1 spiro atoms. The van der Waals surface area contributed by atoms with Crippen molar-refractivity contribution >= 4 is 35.2 Å². The maximum Gasteiger partial charge on any atom is 0.311 e. The third-order valence-corrected chi connectivity index (χ3v) is 10.6. The summed E-state index contributed by atoms with van der Waals surface area (Å²) in [4.78, 5) is 45.9. The van der Waals surface area contributed by atoms with Crippen LogP contribution in [0.1, 0.15) is 44.7 Å². The second-order valence-electron chi connectivity index (χ2n) is 11.4. The van der Waals surface area contributed by atoms with Gasteiger partial charge in [0.2, 0.25) is 5.91 Å². The molecule has 38 heavy (non-hydrogen) atoms. The van der Waals surface area contributed by atoms with Gasteiger partial charge in [-0.1, -0.05) is 50.8 Å². The van der Waals surface area contributed by atoms with E-state index in [1.165, 1.54) is 6.08 Å². The molecule has 3 aliphatic rings. The van der Waals surface area contributed by atoms with Crippen LogP contribution >= 0.6 is 11.8 Å². The van der Waals surface area contributed by atoms with Gasteiger partial charge in [-0.2, -0.15) is 0 Å². The van der Waals surface area contributed by atoms with E-state index in [1.807, 2.05) is 52.8 Å². The Balaban J connectivity index is 1.88. The molecule has 2 amide bonds. The summed E-state index contributed by atoms with van der Waals surface area (Å²) in [7, 11) is 0. The number of hydrogen-bond acceptors (Lipinski definition) is 6. The SMILES string of the molecule is C=CCOC(=O)[C@H]1[C@H]2C(=O)N([C@@H](CO)C(C)C)C(C(=O)N(CC=C)c3c(C)cccc3C)C23CC[C@]1(C)S3. The standard InChI is InChI=1S/C30H40N2O5S/c1-8-15-31(24-19(5)11-10-12-20(24)6)27(35)25-30-14-13-29(7,38-30)23(28(36)37-16-9-2)22(30)26(34)32(25)21(17-33)18(3)4/h8-12,18,21-23,25,33H,1-2,13-17H2,3-7H3/t21-,22-,23+,25?,29-,30?/m0/s1. The second kappa shape index (κ2) is 10.5. The molecule has 0 saturated carbocycles. The highest BCUT2D eigenvalue weighted by molar-refractivity contribution is 8.02. The zero-order valence-corrected chi connectivity index (χ0v) is 23.9. The van der Waals surface area contributed by atoms with Gasteiger partial charge in [-0.15, -0.1) is 18.3 Å². The molecule has 2 unspecified atom stereocenters. The molecule has 3 heterocycles. The lowest BCUT2D eigenvalue weighted by Crippen LogP contribution is -2.58. The van der Waals surface area contributed by atoms with Gasteiger partial charge in [-0.05, 0) is 50.7 Å². The van der Waals surface area contributed by atoms with Gasteiger partial charge in [0.05, 0.1) is 29.2 Å². The number of anilines is 1. The van der Waals surface area contributed by atoms with Gasteiger partial charge in [-0.3, -0.25) is 14.4 Å². The number of amides is 2. The van der Waals surface area contributed by atoms with Crippen molar-refractivity contribution in [3.8, 4) is 0 Å². The summed E-state index contributed by atoms with van der Waals surface area (Å²) < 4.78 is 4.19. The van der Waals surface area contributed by atoms with Crippen LogP contribution in [-0.2, 0) is 19.1 Å². The molecule has 7 nitrogen and oxygen atoms in total. The van der Waals surface area contributed by atoms with E-state index < -0.39 is 39.4 Å². The molecule has 206 valence electrons. The molecule has 1 aromatic carbocycles. The smallest absolute Gasteiger partial charge is 0.311 e. The number of rotatable bonds is 10. The largest absolute Gasteiger partial charge is 0.461 e. The van der Waals surface area contributed by atoms with Crippen LogP contribution in [0.3, 0.4) is 0 Å². The van der Waals surface area contributed by atoms with Crippen molar-refractivity contribution in [3.05, 3.63) is 54.6 Å². The van der Waals surface area contributed by atoms with Crippen molar-refractivity contribution in [2.45, 2.75) is 69.0 Å². The summed E-state index contributed by atoms with van der Waals surface area (Å²) in [5.41, 5.74) is 2.71. The van der Waals surface area contributed by atoms with Gasteiger partial charge in [0, 0.05) is 17.0 Å². The first kappa shape index (κ1) is 28.4. The van der Waals surface area contributed by atoms with Crippen LogP contribution in [-0.4, -0.2) is 69.1 Å². The van der Waals surface area contributed by atoms with Gasteiger partial charge in [0.15, 0.2) is 0 Å². The van der Waals surface area contributed by atoms with Crippen LogP contribution in [0.5, 0.6) is 0 Å². The number of para-hydroxylation sites is 1. The summed E-state index contributed by atoms with van der Waals surface area (Å²) in [5.74, 6) is -2.33. The summed E-state index contributed by atoms with van der Waals surface area (Å²) in [5, 5.41) is 10.4. The Morgan fingerprint density at radius 3 is 2.45 bits per heavy atom. The summed E-state index contributed by atoms with van der Waals surface area (Å²) in [6, 6.07) is 4.51. The molecule has 3 saturated heterocycles. The van der Waals surface area contributed by atoms with Gasteiger partial charge < -0.3 is 19.6 Å². The number of likely N-dealkylation sites (tertiary alicyclic amines) is 1. The molecule has 0 radical (unpaired) electrons. The fourth-order valence-corrected chi connectivity index (χ4v) is 9.33. The van der Waals surface area contributed by atoms with E-state index in [9.17, 15) is 19.5 Å². The van der Waals surface area contributed by atoms with Crippen LogP contribution in [0, 0.1) is 31.6 Å². The van der Waals surface area contributed by atoms with E-state index >= 15 is 0 Å². The normalized spacial score (nSPS) is 30.3. The molecular weight excluding hydrogens is 500 g/mol. The number of benzene rings is 1. The molecule has 1 aromatic rings. The Hall–Kier alpha value is -2.58. The van der Waals surface area contributed by atoms with Crippen molar-refractivity contribution in [1.82, 2.24) is 4.90 Å². The number of nitrogens with zero attached hydrogens (tertiary/aromatic N) is 2. The van der Waals surface area contributed by atoms with Crippen molar-refractivity contribution in [2.24, 2.45) is 17.8 Å². The number of thioether (sulfide) groups is 1. The van der Waals surface area contributed by atoms with Crippen molar-refractivity contribution in [3.63, 3.8) is 0 Å². The number of esters is 1. The molecular formula is C30H40N2O5S. The lowest BCUT2D eigenvalue weighted by Gasteiger charge is -2.41. The van der Waals surface area contributed by atoms with E-state index in [2.05, 4.69) is 13.2 Å². The summed E-state index contributed by atoms with van der Waals surface area (Å²) in [6.07, 6.45) is 4.54. The molecule has 4 rings (SSSR count). The first-order valence-corrected chi connectivity index (χ1v) is 14.2. The molecule has 0 aliphatic carbocycles. The van der Waals surface area contributed by atoms with Gasteiger partial charge >= 0.3 is 5.97 Å². The van der Waals surface area contributed by atoms with Crippen molar-refractivity contribution in [2.75, 3.05) is 24.7 Å². The number of aryl methyl sites for hydroxylation is 2. The second-order valence-corrected chi connectivity index (χ2v) is 13.3. The molecule has 0 aromatic heterocycles. The van der Waals surface area contributed by atoms with Gasteiger partial charge in [0.25, 0.3) is 5.91 Å². The average Bonchev–Trinajstić information content (AvgIpc) is 3.43. The monoisotopic (exact) mass is 540 g/mol. The fourth-order valence-electron chi connectivity index (χ4n) is 7.01. The molecule has 2 bridgehead atoms. The molecule has 3 fully saturated rings. The number of carbonyl (C=O) groups is 3. The van der Waals surface area contributed by atoms with Crippen LogP contribution in [0.4, 0.5) is 5.69 Å². The first-order chi connectivity index (χ1) is 18.0. The minimum atomic E-state index is -0.831. The van der Waals surface area contributed by atoms with E-state index in [0.717, 1.165) is 16.8 Å². The third-order valence-electron chi connectivity index (χ3n) is 8.65. The van der Waals surface area contributed by atoms with Crippen molar-refractivity contribution < 1.29 is 24.2 Å². The Labute approximate surface area is 230 Å². The number of aliphatic hydroxyl groups excluding tert-OH is 1. The van der Waals surface area contributed by atoms with Crippen LogP contribution < -0.4 is 4.90 Å². The number of ether oxygens (including phenoxy) is 1. The topological polar surface area (TPSA) is 87.1 Å². The fraction of sp³-hybridized carbons (Fsp3) is 0.567. The van der Waals surface area contributed by atoms with Crippen LogP contribution in [0.25, 0.3) is 0 Å². The molecule has 1 N–H and O–H groups in total. The van der Waals surface area contributed by atoms with E-state index in [1.54, 1.807) is 27.6 Å². The maximum absolute atomic E-state index is 14.8. The highest BCUT2D eigenvalue weighted by atomic mass is 32.2. The minimum Gasteiger partial charge on any atom is -0.461 e. The lowest BCUT2D eigenvalue weighted by atomic mass is 9.66.